The highest BCUT2D eigenvalue weighted by Gasteiger charge is 2.11. The Morgan fingerprint density at radius 1 is 1.12 bits per heavy atom. The van der Waals surface area contributed by atoms with Gasteiger partial charge in [-0.2, -0.15) is 0 Å². The third-order valence-electron chi connectivity index (χ3n) is 3.36. The maximum absolute atomic E-state index is 5.69. The van der Waals surface area contributed by atoms with Gasteiger partial charge in [0.1, 0.15) is 0 Å². The molecule has 1 unspecified atom stereocenters. The number of hydrogen-bond acceptors (Lipinski definition) is 2. The van der Waals surface area contributed by atoms with Gasteiger partial charge in [0, 0.05) is 6.04 Å². The van der Waals surface area contributed by atoms with Crippen molar-refractivity contribution < 1.29 is 0 Å². The van der Waals surface area contributed by atoms with Crippen molar-refractivity contribution in [1.82, 2.24) is 5.43 Å². The molecule has 0 aliphatic rings. The number of rotatable bonds is 8. The summed E-state index contributed by atoms with van der Waals surface area (Å²) in [5, 5.41) is 0. The average Bonchev–Trinajstić information content (AvgIpc) is 2.39. The maximum Gasteiger partial charge on any atom is 0.0462 e. The molecule has 96 valence electrons. The molecule has 17 heavy (non-hydrogen) atoms. The molecule has 2 nitrogen and oxygen atoms in total. The molecule has 0 bridgehead atoms. The van der Waals surface area contributed by atoms with E-state index >= 15 is 0 Å². The lowest BCUT2D eigenvalue weighted by Gasteiger charge is -2.19. The lowest BCUT2D eigenvalue weighted by atomic mass is 9.95. The molecule has 0 spiro atoms. The van der Waals surface area contributed by atoms with Crippen LogP contribution in [0.5, 0.6) is 0 Å². The maximum atomic E-state index is 5.69. The molecule has 1 aromatic carbocycles. The van der Waals surface area contributed by atoms with E-state index in [-0.39, 0.29) is 0 Å². The molecule has 0 aliphatic carbocycles. The Hall–Kier alpha value is -0.860. The predicted molar refractivity (Wildman–Crippen MR) is 74.6 cm³/mol. The van der Waals surface area contributed by atoms with Gasteiger partial charge in [-0.15, -0.1) is 0 Å². The summed E-state index contributed by atoms with van der Waals surface area (Å²) in [7, 11) is 0. The normalized spacial score (nSPS) is 12.6. The van der Waals surface area contributed by atoms with E-state index in [1.807, 2.05) is 0 Å². The van der Waals surface area contributed by atoms with Gasteiger partial charge in [-0.3, -0.25) is 11.3 Å². The smallest absolute Gasteiger partial charge is 0.0462 e. The van der Waals surface area contributed by atoms with Gasteiger partial charge < -0.3 is 0 Å². The Balaban J connectivity index is 2.59. The lowest BCUT2D eigenvalue weighted by molar-refractivity contribution is 0.479. The minimum Gasteiger partial charge on any atom is -0.271 e. The van der Waals surface area contributed by atoms with Crippen molar-refractivity contribution in [2.75, 3.05) is 0 Å². The second-order valence-corrected chi connectivity index (χ2v) is 4.62. The summed E-state index contributed by atoms with van der Waals surface area (Å²) in [4.78, 5) is 0. The standard InChI is InChI=1S/C15H26N2/c1-3-5-6-7-12-15(17-16)14-11-9-8-10-13(14)4-2/h8-11,15,17H,3-7,12,16H2,1-2H3. The van der Waals surface area contributed by atoms with Crippen molar-refractivity contribution >= 4 is 0 Å². The highest BCUT2D eigenvalue weighted by molar-refractivity contribution is 5.29. The van der Waals surface area contributed by atoms with Crippen LogP contribution in [0.4, 0.5) is 0 Å². The van der Waals surface area contributed by atoms with Crippen LogP contribution in [0.25, 0.3) is 0 Å². The summed E-state index contributed by atoms with van der Waals surface area (Å²) >= 11 is 0. The fourth-order valence-corrected chi connectivity index (χ4v) is 2.30. The monoisotopic (exact) mass is 234 g/mol. The van der Waals surface area contributed by atoms with Crippen LogP contribution in [-0.4, -0.2) is 0 Å². The Morgan fingerprint density at radius 3 is 2.53 bits per heavy atom. The van der Waals surface area contributed by atoms with Crippen molar-refractivity contribution in [3.8, 4) is 0 Å². The number of nitrogens with one attached hydrogen (secondary N) is 1. The van der Waals surface area contributed by atoms with Gasteiger partial charge in [-0.05, 0) is 24.0 Å². The molecule has 1 aromatic rings. The fourth-order valence-electron chi connectivity index (χ4n) is 2.30. The van der Waals surface area contributed by atoms with Crippen LogP contribution in [-0.2, 0) is 6.42 Å². The minimum absolute atomic E-state index is 0.308. The molecule has 0 saturated heterocycles. The number of aryl methyl sites for hydroxylation is 1. The van der Waals surface area contributed by atoms with Crippen molar-refractivity contribution in [2.45, 2.75) is 58.4 Å². The first-order valence-corrected chi connectivity index (χ1v) is 6.87. The van der Waals surface area contributed by atoms with Gasteiger partial charge in [-0.25, -0.2) is 0 Å². The molecular formula is C15H26N2. The van der Waals surface area contributed by atoms with E-state index in [9.17, 15) is 0 Å². The molecule has 0 fully saturated rings. The summed E-state index contributed by atoms with van der Waals surface area (Å²) in [6.07, 6.45) is 7.37. The summed E-state index contributed by atoms with van der Waals surface area (Å²) in [6, 6.07) is 8.91. The van der Waals surface area contributed by atoms with Gasteiger partial charge in [-0.1, -0.05) is 63.8 Å². The molecule has 3 N–H and O–H groups in total. The van der Waals surface area contributed by atoms with Crippen molar-refractivity contribution in [1.29, 1.82) is 0 Å². The topological polar surface area (TPSA) is 38.0 Å². The molecule has 0 radical (unpaired) electrons. The van der Waals surface area contributed by atoms with Crippen LogP contribution in [0.1, 0.15) is 63.1 Å². The zero-order valence-corrected chi connectivity index (χ0v) is 11.2. The van der Waals surface area contributed by atoms with Crippen LogP contribution >= 0.6 is 0 Å². The van der Waals surface area contributed by atoms with E-state index in [2.05, 4.69) is 43.5 Å². The van der Waals surface area contributed by atoms with E-state index in [1.165, 1.54) is 36.8 Å². The van der Waals surface area contributed by atoms with E-state index in [0.29, 0.717) is 6.04 Å². The van der Waals surface area contributed by atoms with Gasteiger partial charge >= 0.3 is 0 Å². The predicted octanol–water partition coefficient (Wildman–Crippen LogP) is 3.72. The van der Waals surface area contributed by atoms with Crippen LogP contribution < -0.4 is 11.3 Å². The first-order chi connectivity index (χ1) is 8.33. The van der Waals surface area contributed by atoms with E-state index in [1.54, 1.807) is 0 Å². The molecule has 1 atom stereocenters. The number of unbranched alkanes of at least 4 members (excludes halogenated alkanes) is 3. The second kappa shape index (κ2) is 8.26. The second-order valence-electron chi connectivity index (χ2n) is 4.62. The van der Waals surface area contributed by atoms with Crippen LogP contribution in [0.15, 0.2) is 24.3 Å². The van der Waals surface area contributed by atoms with Crippen LogP contribution in [0, 0.1) is 0 Å². The zero-order chi connectivity index (χ0) is 12.5. The van der Waals surface area contributed by atoms with Crippen molar-refractivity contribution in [2.24, 2.45) is 5.84 Å². The summed E-state index contributed by atoms with van der Waals surface area (Å²) in [6.45, 7) is 4.44. The van der Waals surface area contributed by atoms with Gasteiger partial charge in [0.25, 0.3) is 0 Å². The van der Waals surface area contributed by atoms with Crippen molar-refractivity contribution in [3.63, 3.8) is 0 Å². The first-order valence-electron chi connectivity index (χ1n) is 6.87. The number of hydrazine groups is 1. The van der Waals surface area contributed by atoms with E-state index in [4.69, 9.17) is 5.84 Å². The molecule has 2 heteroatoms. The Bertz CT molecular complexity index is 310. The quantitative estimate of drug-likeness (QED) is 0.409. The molecule has 0 aliphatic heterocycles. The van der Waals surface area contributed by atoms with E-state index in [0.717, 1.165) is 12.8 Å². The highest BCUT2D eigenvalue weighted by atomic mass is 15.2. The van der Waals surface area contributed by atoms with Crippen LogP contribution in [0.2, 0.25) is 0 Å². The SMILES string of the molecule is CCCCCCC(NN)c1ccccc1CC. The largest absolute Gasteiger partial charge is 0.271 e. The molecule has 1 rings (SSSR count). The van der Waals surface area contributed by atoms with Crippen molar-refractivity contribution in [3.05, 3.63) is 35.4 Å². The van der Waals surface area contributed by atoms with Gasteiger partial charge in [0.2, 0.25) is 0 Å². The van der Waals surface area contributed by atoms with E-state index < -0.39 is 0 Å². The lowest BCUT2D eigenvalue weighted by Crippen LogP contribution is -2.28. The molecular weight excluding hydrogens is 208 g/mol. The average molecular weight is 234 g/mol. The third kappa shape index (κ3) is 4.49. The highest BCUT2D eigenvalue weighted by Crippen LogP contribution is 2.23. The van der Waals surface area contributed by atoms with Gasteiger partial charge in [0.05, 0.1) is 0 Å². The van der Waals surface area contributed by atoms with Crippen LogP contribution in [0.3, 0.4) is 0 Å². The summed E-state index contributed by atoms with van der Waals surface area (Å²) in [5.41, 5.74) is 5.75. The molecule has 0 aromatic heterocycles. The number of benzene rings is 1. The van der Waals surface area contributed by atoms with Gasteiger partial charge in [0.15, 0.2) is 0 Å². The summed E-state index contributed by atoms with van der Waals surface area (Å²) < 4.78 is 0. The first kappa shape index (κ1) is 14.2. The Morgan fingerprint density at radius 2 is 1.88 bits per heavy atom. The Labute approximate surface area is 106 Å². The zero-order valence-electron chi connectivity index (χ0n) is 11.2. The fraction of sp³-hybridized carbons (Fsp3) is 0.600. The molecule has 0 amide bonds. The summed E-state index contributed by atoms with van der Waals surface area (Å²) in [5.74, 6) is 5.69. The molecule has 0 heterocycles. The third-order valence-corrected chi connectivity index (χ3v) is 3.36. The number of nitrogens with two attached hydrogens (primary N) is 1. The number of hydrogen-bond donors (Lipinski definition) is 2. The molecule has 0 saturated carbocycles. The minimum atomic E-state index is 0.308. The Kier molecular flexibility index (Phi) is 6.90.